The maximum absolute atomic E-state index is 9.95. The lowest BCUT2D eigenvalue weighted by molar-refractivity contribution is 1.15. The van der Waals surface area contributed by atoms with E-state index in [9.17, 15) is 10.5 Å². The molecule has 11 aromatic rings. The summed E-state index contributed by atoms with van der Waals surface area (Å²) in [5.41, 5.74) is 13.5. The van der Waals surface area contributed by atoms with Gasteiger partial charge in [-0.2, -0.15) is 10.5 Å². The molecular weight excluding hydrogens is 785 g/mol. The zero-order valence-corrected chi connectivity index (χ0v) is 33.9. The van der Waals surface area contributed by atoms with Crippen molar-refractivity contribution in [2.24, 2.45) is 0 Å². The SMILES string of the molecule is [C-]#[N+]c1ccc2c(c1)c1cc([N+]#[C-])ccc1n2-c1ccc(-c2nc(-c3ccccc3)cc(-c3ccccc3)n2)cc1-c1ccccc1-n1c2ccc(C#N)cc2c2cc(C#N)ccc21. The van der Waals surface area contributed by atoms with Crippen LogP contribution < -0.4 is 0 Å². The highest BCUT2D eigenvalue weighted by Gasteiger charge is 2.23. The molecule has 0 atom stereocenters. The monoisotopic (exact) mass is 814 g/mol. The Hall–Kier alpha value is -9.60. The third kappa shape index (κ3) is 6.12. The van der Waals surface area contributed by atoms with Crippen molar-refractivity contribution in [3.05, 3.63) is 216 Å². The minimum absolute atomic E-state index is 0.510. The van der Waals surface area contributed by atoms with Gasteiger partial charge in [0.15, 0.2) is 17.2 Å². The maximum atomic E-state index is 9.95. The van der Waals surface area contributed by atoms with Gasteiger partial charge in [0.05, 0.1) is 81.2 Å². The summed E-state index contributed by atoms with van der Waals surface area (Å²) < 4.78 is 4.41. The fourth-order valence-corrected chi connectivity index (χ4v) is 8.89. The molecule has 0 fully saturated rings. The van der Waals surface area contributed by atoms with Gasteiger partial charge in [-0.3, -0.25) is 0 Å². The van der Waals surface area contributed by atoms with Crippen LogP contribution in [0.15, 0.2) is 182 Å². The number of fused-ring (bicyclic) bond motifs is 6. The summed E-state index contributed by atoms with van der Waals surface area (Å²) in [6.07, 6.45) is 0. The Kier molecular flexibility index (Phi) is 8.85. The first-order valence-corrected chi connectivity index (χ1v) is 20.5. The van der Waals surface area contributed by atoms with Crippen LogP contribution in [0.3, 0.4) is 0 Å². The zero-order chi connectivity index (χ0) is 43.3. The van der Waals surface area contributed by atoms with Gasteiger partial charge in [-0.1, -0.05) is 91.0 Å². The fourth-order valence-electron chi connectivity index (χ4n) is 8.89. The molecular formula is C56H30N8. The summed E-state index contributed by atoms with van der Waals surface area (Å²) in [5.74, 6) is 0.557. The second-order valence-corrected chi connectivity index (χ2v) is 15.4. The number of benzene rings is 8. The van der Waals surface area contributed by atoms with Crippen LogP contribution in [0, 0.1) is 35.8 Å². The van der Waals surface area contributed by atoms with E-state index in [4.69, 9.17) is 23.1 Å². The highest BCUT2D eigenvalue weighted by Crippen LogP contribution is 2.43. The first kappa shape index (κ1) is 37.4. The van der Waals surface area contributed by atoms with Crippen molar-refractivity contribution in [2.45, 2.75) is 0 Å². The van der Waals surface area contributed by atoms with E-state index in [1.807, 2.05) is 127 Å². The van der Waals surface area contributed by atoms with E-state index >= 15 is 0 Å². The molecule has 0 N–H and O–H groups in total. The molecule has 0 saturated carbocycles. The molecule has 3 heterocycles. The molecule has 0 unspecified atom stereocenters. The molecule has 0 aliphatic heterocycles. The van der Waals surface area contributed by atoms with Gasteiger partial charge in [0.2, 0.25) is 0 Å². The van der Waals surface area contributed by atoms with Crippen molar-refractivity contribution in [3.63, 3.8) is 0 Å². The van der Waals surface area contributed by atoms with Gasteiger partial charge in [-0.25, -0.2) is 19.7 Å². The van der Waals surface area contributed by atoms with E-state index in [2.05, 4.69) is 85.6 Å². The predicted molar refractivity (Wildman–Crippen MR) is 254 cm³/mol. The molecule has 0 amide bonds. The Bertz CT molecular complexity index is 3690. The molecule has 8 aromatic carbocycles. The van der Waals surface area contributed by atoms with Gasteiger partial charge in [0.25, 0.3) is 0 Å². The van der Waals surface area contributed by atoms with E-state index in [1.165, 1.54) is 0 Å². The van der Waals surface area contributed by atoms with Crippen LogP contribution in [0.2, 0.25) is 0 Å². The minimum atomic E-state index is 0.510. The molecule has 0 saturated heterocycles. The Morgan fingerprint density at radius 2 is 0.859 bits per heavy atom. The van der Waals surface area contributed by atoms with Gasteiger partial charge in [0.1, 0.15) is 0 Å². The number of para-hydroxylation sites is 1. The first-order chi connectivity index (χ1) is 31.5. The molecule has 0 spiro atoms. The van der Waals surface area contributed by atoms with Gasteiger partial charge in [-0.05, 0) is 102 Å². The zero-order valence-electron chi connectivity index (χ0n) is 33.9. The molecule has 0 bridgehead atoms. The van der Waals surface area contributed by atoms with Crippen molar-refractivity contribution in [2.75, 3.05) is 0 Å². The third-order valence-corrected chi connectivity index (χ3v) is 11.8. The largest absolute Gasteiger partial charge is 0.309 e. The van der Waals surface area contributed by atoms with E-state index in [0.717, 1.165) is 94.2 Å². The van der Waals surface area contributed by atoms with Crippen molar-refractivity contribution in [1.29, 1.82) is 10.5 Å². The lowest BCUT2D eigenvalue weighted by atomic mass is 9.97. The first-order valence-electron chi connectivity index (χ1n) is 20.5. The van der Waals surface area contributed by atoms with Crippen LogP contribution in [-0.2, 0) is 0 Å². The van der Waals surface area contributed by atoms with Crippen LogP contribution in [0.1, 0.15) is 11.1 Å². The Balaban J connectivity index is 1.24. The molecule has 294 valence electrons. The third-order valence-electron chi connectivity index (χ3n) is 11.8. The normalized spacial score (nSPS) is 11.1. The standard InChI is InChI=1S/C56H30N8/c1-59-40-20-25-54-46(30-40)47-31-41(60-2)21-26-55(47)64(54)53-24-19-39(56-61-48(37-11-5-3-6-12-37)32-49(62-56)38-13-7-4-8-14-38)29-45(53)42-15-9-10-16-50(42)63-51-22-17-35(33-57)27-43(51)44-28-36(34-58)18-23-52(44)63/h3-32H. The van der Waals surface area contributed by atoms with Crippen LogP contribution in [-0.4, -0.2) is 19.1 Å². The van der Waals surface area contributed by atoms with Gasteiger partial charge in [0, 0.05) is 38.6 Å². The van der Waals surface area contributed by atoms with Gasteiger partial charge >= 0.3 is 0 Å². The average Bonchev–Trinajstić information content (AvgIpc) is 3.87. The summed E-state index contributed by atoms with van der Waals surface area (Å²) in [6.45, 7) is 15.7. The topological polar surface area (TPSA) is 91.9 Å². The number of hydrogen-bond donors (Lipinski definition) is 0. The minimum Gasteiger partial charge on any atom is -0.309 e. The summed E-state index contributed by atoms with van der Waals surface area (Å²) in [7, 11) is 0. The van der Waals surface area contributed by atoms with E-state index < -0.39 is 0 Å². The maximum Gasteiger partial charge on any atom is 0.188 e. The van der Waals surface area contributed by atoms with Crippen molar-refractivity contribution in [1.82, 2.24) is 19.1 Å². The Labute approximate surface area is 367 Å². The Morgan fingerprint density at radius 1 is 0.406 bits per heavy atom. The summed E-state index contributed by atoms with van der Waals surface area (Å²) in [6, 6.07) is 64.2. The van der Waals surface area contributed by atoms with E-state index in [-0.39, 0.29) is 0 Å². The number of rotatable bonds is 6. The van der Waals surface area contributed by atoms with E-state index in [1.54, 1.807) is 0 Å². The molecule has 0 radical (unpaired) electrons. The van der Waals surface area contributed by atoms with Crippen molar-refractivity contribution < 1.29 is 0 Å². The summed E-state index contributed by atoms with van der Waals surface area (Å²) >= 11 is 0. The predicted octanol–water partition coefficient (Wildman–Crippen LogP) is 14.2. The van der Waals surface area contributed by atoms with Crippen molar-refractivity contribution in [3.8, 4) is 68.5 Å². The molecule has 8 nitrogen and oxygen atoms in total. The number of nitriles is 2. The molecule has 0 aliphatic carbocycles. The van der Waals surface area contributed by atoms with E-state index in [0.29, 0.717) is 28.3 Å². The van der Waals surface area contributed by atoms with Crippen LogP contribution in [0.4, 0.5) is 11.4 Å². The molecule has 0 aliphatic rings. The second kappa shape index (κ2) is 15.1. The summed E-state index contributed by atoms with van der Waals surface area (Å²) in [5, 5.41) is 23.4. The molecule has 11 rings (SSSR count). The molecule has 3 aromatic heterocycles. The fraction of sp³-hybridized carbons (Fsp3) is 0. The second-order valence-electron chi connectivity index (χ2n) is 15.4. The lowest BCUT2D eigenvalue weighted by Gasteiger charge is -2.20. The molecule has 8 heteroatoms. The van der Waals surface area contributed by atoms with Crippen LogP contribution in [0.5, 0.6) is 0 Å². The van der Waals surface area contributed by atoms with Crippen LogP contribution >= 0.6 is 0 Å². The van der Waals surface area contributed by atoms with Gasteiger partial charge in [-0.15, -0.1) is 0 Å². The molecule has 64 heavy (non-hydrogen) atoms. The van der Waals surface area contributed by atoms with Crippen molar-refractivity contribution >= 4 is 55.0 Å². The number of aromatic nitrogens is 4. The highest BCUT2D eigenvalue weighted by atomic mass is 15.0. The highest BCUT2D eigenvalue weighted by molar-refractivity contribution is 6.13. The smallest absolute Gasteiger partial charge is 0.188 e. The number of nitrogens with zero attached hydrogens (tertiary/aromatic N) is 8. The van der Waals surface area contributed by atoms with Gasteiger partial charge < -0.3 is 9.13 Å². The summed E-state index contributed by atoms with van der Waals surface area (Å²) in [4.78, 5) is 18.0. The lowest BCUT2D eigenvalue weighted by Crippen LogP contribution is -2.03. The quantitative estimate of drug-likeness (QED) is 0.156. The Morgan fingerprint density at radius 3 is 1.36 bits per heavy atom. The number of hydrogen-bond acceptors (Lipinski definition) is 4. The average molecular weight is 815 g/mol. The van der Waals surface area contributed by atoms with Crippen LogP contribution in [0.25, 0.3) is 110 Å².